The van der Waals surface area contributed by atoms with Crippen molar-refractivity contribution in [3.05, 3.63) is 42.5 Å². The summed E-state index contributed by atoms with van der Waals surface area (Å²) in [6.07, 6.45) is 2.49. The third kappa shape index (κ3) is 5.07. The quantitative estimate of drug-likeness (QED) is 0.592. The first-order valence-electron chi connectivity index (χ1n) is 6.62. The summed E-state index contributed by atoms with van der Waals surface area (Å²) in [5, 5.41) is 9.87. The van der Waals surface area contributed by atoms with Gasteiger partial charge in [-0.15, -0.1) is 6.58 Å². The van der Waals surface area contributed by atoms with Crippen LogP contribution in [0.2, 0.25) is 0 Å². The van der Waals surface area contributed by atoms with Gasteiger partial charge in [0.15, 0.2) is 0 Å². The standard InChI is InChI=1S/C15H22O4S/c1-4-5-6-13(3)15(16)11-19-20(17,18)14-9-7-12(2)8-10-14/h4,7-10,13,15-16H,1,5-6,11H2,2-3H3/t13-,15+/m0/s1. The third-order valence-corrected chi connectivity index (χ3v) is 4.48. The summed E-state index contributed by atoms with van der Waals surface area (Å²) in [5.41, 5.74) is 0.974. The van der Waals surface area contributed by atoms with Crippen molar-refractivity contribution in [2.45, 2.75) is 37.7 Å². The van der Waals surface area contributed by atoms with Crippen LogP contribution in [-0.4, -0.2) is 26.2 Å². The van der Waals surface area contributed by atoms with Gasteiger partial charge in [-0.3, -0.25) is 4.18 Å². The molecule has 0 fully saturated rings. The largest absolute Gasteiger partial charge is 0.390 e. The topological polar surface area (TPSA) is 63.6 Å². The highest BCUT2D eigenvalue weighted by molar-refractivity contribution is 7.86. The van der Waals surface area contributed by atoms with E-state index < -0.39 is 16.2 Å². The Morgan fingerprint density at radius 1 is 1.35 bits per heavy atom. The van der Waals surface area contributed by atoms with Crippen molar-refractivity contribution >= 4 is 10.1 Å². The monoisotopic (exact) mass is 298 g/mol. The van der Waals surface area contributed by atoms with Crippen LogP contribution in [0.4, 0.5) is 0 Å². The van der Waals surface area contributed by atoms with E-state index in [1.807, 2.05) is 13.8 Å². The average Bonchev–Trinajstić information content (AvgIpc) is 2.42. The number of aliphatic hydroxyl groups is 1. The molecule has 0 saturated heterocycles. The summed E-state index contributed by atoms with van der Waals surface area (Å²) in [7, 11) is -3.81. The molecule has 112 valence electrons. The molecule has 1 aromatic carbocycles. The van der Waals surface area contributed by atoms with Crippen molar-refractivity contribution < 1.29 is 17.7 Å². The lowest BCUT2D eigenvalue weighted by atomic mass is 10.00. The van der Waals surface area contributed by atoms with E-state index in [1.165, 1.54) is 12.1 Å². The normalized spacial score (nSPS) is 14.8. The second-order valence-corrected chi connectivity index (χ2v) is 6.58. The predicted octanol–water partition coefficient (Wildman–Crippen LogP) is 2.66. The zero-order chi connectivity index (χ0) is 15.2. The number of hydrogen-bond donors (Lipinski definition) is 1. The van der Waals surface area contributed by atoms with Crippen molar-refractivity contribution in [3.8, 4) is 0 Å². The maximum atomic E-state index is 11.9. The minimum atomic E-state index is -3.81. The fraction of sp³-hybridized carbons (Fsp3) is 0.467. The maximum absolute atomic E-state index is 11.9. The molecule has 0 aliphatic carbocycles. The van der Waals surface area contributed by atoms with E-state index >= 15 is 0 Å². The van der Waals surface area contributed by atoms with Crippen molar-refractivity contribution in [1.82, 2.24) is 0 Å². The van der Waals surface area contributed by atoms with Crippen LogP contribution in [-0.2, 0) is 14.3 Å². The van der Waals surface area contributed by atoms with Crippen LogP contribution in [0, 0.1) is 12.8 Å². The molecule has 0 amide bonds. The van der Waals surface area contributed by atoms with Crippen LogP contribution in [0.15, 0.2) is 41.8 Å². The number of benzene rings is 1. The van der Waals surface area contributed by atoms with E-state index in [9.17, 15) is 13.5 Å². The Morgan fingerprint density at radius 2 is 1.95 bits per heavy atom. The maximum Gasteiger partial charge on any atom is 0.297 e. The first kappa shape index (κ1) is 16.9. The molecule has 0 aliphatic rings. The molecule has 0 radical (unpaired) electrons. The molecule has 4 nitrogen and oxygen atoms in total. The molecule has 0 saturated carbocycles. The summed E-state index contributed by atoms with van der Waals surface area (Å²) in [5.74, 6) is -0.0405. The SMILES string of the molecule is C=CCC[C@H](C)[C@H](O)COS(=O)(=O)c1ccc(C)cc1. The van der Waals surface area contributed by atoms with Crippen LogP contribution in [0.5, 0.6) is 0 Å². The zero-order valence-electron chi connectivity index (χ0n) is 12.0. The van der Waals surface area contributed by atoms with E-state index in [4.69, 9.17) is 4.18 Å². The first-order chi connectivity index (χ1) is 9.36. The molecule has 0 aromatic heterocycles. The molecule has 0 unspecified atom stereocenters. The highest BCUT2D eigenvalue weighted by Gasteiger charge is 2.20. The lowest BCUT2D eigenvalue weighted by Gasteiger charge is -2.18. The van der Waals surface area contributed by atoms with E-state index in [0.717, 1.165) is 18.4 Å². The summed E-state index contributed by atoms with van der Waals surface area (Å²) in [6.45, 7) is 7.12. The van der Waals surface area contributed by atoms with Gasteiger partial charge in [0.25, 0.3) is 10.1 Å². The Labute approximate surface area is 121 Å². The minimum absolute atomic E-state index is 0.0405. The third-order valence-electron chi connectivity index (χ3n) is 3.19. The van der Waals surface area contributed by atoms with Crippen LogP contribution in [0.3, 0.4) is 0 Å². The van der Waals surface area contributed by atoms with Crippen LogP contribution in [0.25, 0.3) is 0 Å². The molecule has 0 spiro atoms. The Morgan fingerprint density at radius 3 is 2.50 bits per heavy atom. The fourth-order valence-electron chi connectivity index (χ4n) is 1.67. The molecule has 20 heavy (non-hydrogen) atoms. The molecule has 0 bridgehead atoms. The summed E-state index contributed by atoms with van der Waals surface area (Å²) in [4.78, 5) is 0.106. The Hall–Kier alpha value is -1.17. The van der Waals surface area contributed by atoms with Gasteiger partial charge in [-0.2, -0.15) is 8.42 Å². The number of aryl methyl sites for hydroxylation is 1. The second kappa shape index (κ2) is 7.57. The Bertz CT molecular complexity index is 519. The summed E-state index contributed by atoms with van der Waals surface area (Å²) < 4.78 is 28.8. The van der Waals surface area contributed by atoms with Crippen molar-refractivity contribution in [3.63, 3.8) is 0 Å². The van der Waals surface area contributed by atoms with Gasteiger partial charge in [0.05, 0.1) is 17.6 Å². The highest BCUT2D eigenvalue weighted by atomic mass is 32.2. The van der Waals surface area contributed by atoms with E-state index in [1.54, 1.807) is 18.2 Å². The van der Waals surface area contributed by atoms with Gasteiger partial charge in [-0.05, 0) is 37.8 Å². The summed E-state index contributed by atoms with van der Waals surface area (Å²) >= 11 is 0. The minimum Gasteiger partial charge on any atom is -0.390 e. The van der Waals surface area contributed by atoms with E-state index in [2.05, 4.69) is 6.58 Å². The number of hydrogen-bond acceptors (Lipinski definition) is 4. The molecule has 1 N–H and O–H groups in total. The Kier molecular flexibility index (Phi) is 6.39. The van der Waals surface area contributed by atoms with Gasteiger partial charge in [-0.25, -0.2) is 0 Å². The first-order valence-corrected chi connectivity index (χ1v) is 8.02. The number of rotatable bonds is 8. The molecule has 2 atom stereocenters. The summed E-state index contributed by atoms with van der Waals surface area (Å²) in [6, 6.07) is 6.41. The van der Waals surface area contributed by atoms with Gasteiger partial charge in [0, 0.05) is 0 Å². The van der Waals surface area contributed by atoms with Crippen LogP contribution >= 0.6 is 0 Å². The smallest absolute Gasteiger partial charge is 0.297 e. The van der Waals surface area contributed by atoms with Crippen LogP contribution < -0.4 is 0 Å². The van der Waals surface area contributed by atoms with E-state index in [0.29, 0.717) is 0 Å². The Balaban J connectivity index is 2.59. The van der Waals surface area contributed by atoms with E-state index in [-0.39, 0.29) is 17.4 Å². The second-order valence-electron chi connectivity index (χ2n) is 4.96. The molecule has 5 heteroatoms. The van der Waals surface area contributed by atoms with Gasteiger partial charge in [0.1, 0.15) is 0 Å². The highest BCUT2D eigenvalue weighted by Crippen LogP contribution is 2.16. The van der Waals surface area contributed by atoms with Gasteiger partial charge in [0.2, 0.25) is 0 Å². The predicted molar refractivity (Wildman–Crippen MR) is 78.9 cm³/mol. The van der Waals surface area contributed by atoms with Crippen molar-refractivity contribution in [2.24, 2.45) is 5.92 Å². The number of aliphatic hydroxyl groups excluding tert-OH is 1. The molecule has 0 aliphatic heterocycles. The van der Waals surface area contributed by atoms with Crippen LogP contribution in [0.1, 0.15) is 25.3 Å². The molecule has 1 rings (SSSR count). The zero-order valence-corrected chi connectivity index (χ0v) is 12.8. The molecule has 0 heterocycles. The lowest BCUT2D eigenvalue weighted by molar-refractivity contribution is 0.0631. The van der Waals surface area contributed by atoms with Crippen molar-refractivity contribution in [1.29, 1.82) is 0 Å². The number of allylic oxidation sites excluding steroid dienone is 1. The van der Waals surface area contributed by atoms with Gasteiger partial charge in [-0.1, -0.05) is 30.7 Å². The lowest BCUT2D eigenvalue weighted by Crippen LogP contribution is -2.25. The molecular formula is C15H22O4S. The molecular weight excluding hydrogens is 276 g/mol. The van der Waals surface area contributed by atoms with Gasteiger partial charge < -0.3 is 5.11 Å². The average molecular weight is 298 g/mol. The van der Waals surface area contributed by atoms with Gasteiger partial charge >= 0.3 is 0 Å². The fourth-order valence-corrected chi connectivity index (χ4v) is 2.59. The molecule has 1 aromatic rings. The van der Waals surface area contributed by atoms with Crippen molar-refractivity contribution in [2.75, 3.05) is 6.61 Å².